The maximum atomic E-state index is 13.0. The van der Waals surface area contributed by atoms with Gasteiger partial charge in [0.25, 0.3) is 0 Å². The largest absolute Gasteiger partial charge is 0.378 e. The minimum atomic E-state index is -3.54. The van der Waals surface area contributed by atoms with Crippen molar-refractivity contribution < 1.29 is 13.2 Å². The van der Waals surface area contributed by atoms with Crippen LogP contribution in [0.15, 0.2) is 34.3 Å². The first kappa shape index (κ1) is 24.8. The van der Waals surface area contributed by atoms with Gasteiger partial charge in [-0.05, 0) is 39.3 Å². The number of hydrogen-bond donors (Lipinski definition) is 0. The van der Waals surface area contributed by atoms with Gasteiger partial charge in [0.05, 0.1) is 17.6 Å². The molecule has 168 valence electrons. The molecule has 0 aliphatic rings. The van der Waals surface area contributed by atoms with Gasteiger partial charge in [-0.15, -0.1) is 10.2 Å². The number of aromatic nitrogens is 3. The zero-order valence-electron chi connectivity index (χ0n) is 18.8. The molecule has 0 radical (unpaired) electrons. The number of thioether (sulfide) groups is 1. The predicted octanol–water partition coefficient (Wildman–Crippen LogP) is 4.46. The Bertz CT molecular complexity index is 909. The van der Waals surface area contributed by atoms with Crippen molar-refractivity contribution in [2.24, 2.45) is 0 Å². The van der Waals surface area contributed by atoms with Crippen LogP contribution < -0.4 is 0 Å². The molecule has 0 aliphatic heterocycles. The molecule has 0 saturated carbocycles. The molecule has 0 N–H and O–H groups in total. The molecule has 0 fully saturated rings. The number of hydrogen-bond acceptors (Lipinski definition) is 6. The topological polar surface area (TPSA) is 77.3 Å². The average molecular weight is 455 g/mol. The van der Waals surface area contributed by atoms with Crippen molar-refractivity contribution in [2.45, 2.75) is 70.2 Å². The number of nitrogens with zero attached hydrogens (tertiary/aromatic N) is 4. The molecular weight excluding hydrogens is 420 g/mol. The average Bonchev–Trinajstić information content (AvgIpc) is 3.15. The Morgan fingerprint density at radius 2 is 1.83 bits per heavy atom. The summed E-state index contributed by atoms with van der Waals surface area (Å²) in [7, 11) is -3.54. The summed E-state index contributed by atoms with van der Waals surface area (Å²) in [5, 5.41) is 9.64. The molecule has 0 bridgehead atoms. The zero-order chi connectivity index (χ0) is 22.3. The second kappa shape index (κ2) is 11.3. The fourth-order valence-electron chi connectivity index (χ4n) is 3.08. The number of rotatable bonds is 12. The molecule has 1 aromatic carbocycles. The third kappa shape index (κ3) is 5.84. The van der Waals surface area contributed by atoms with Crippen molar-refractivity contribution in [3.63, 3.8) is 0 Å². The Morgan fingerprint density at radius 3 is 2.43 bits per heavy atom. The van der Waals surface area contributed by atoms with Crippen LogP contribution in [0, 0.1) is 0 Å². The summed E-state index contributed by atoms with van der Waals surface area (Å²) < 4.78 is 35.1. The van der Waals surface area contributed by atoms with Crippen molar-refractivity contribution in [1.82, 2.24) is 19.1 Å². The Hall–Kier alpha value is -1.42. The molecule has 2 rings (SSSR count). The molecule has 0 saturated heterocycles. The molecule has 9 heteroatoms. The Kier molecular flexibility index (Phi) is 9.33. The van der Waals surface area contributed by atoms with E-state index in [1.54, 1.807) is 30.0 Å². The van der Waals surface area contributed by atoms with Crippen molar-refractivity contribution in [3.8, 4) is 11.4 Å². The molecule has 1 unspecified atom stereocenters. The molecule has 1 heterocycles. The summed E-state index contributed by atoms with van der Waals surface area (Å²) in [6.45, 7) is 13.5. The summed E-state index contributed by atoms with van der Waals surface area (Å²) in [6, 6.07) is 7.18. The minimum absolute atomic E-state index is 0.187. The molecule has 0 amide bonds. The lowest BCUT2D eigenvalue weighted by atomic mass is 10.2. The summed E-state index contributed by atoms with van der Waals surface area (Å²) in [5.74, 6) is 1.47. The van der Waals surface area contributed by atoms with E-state index in [9.17, 15) is 8.42 Å². The quantitative estimate of drug-likeness (QED) is 0.348. The van der Waals surface area contributed by atoms with E-state index in [0.717, 1.165) is 22.9 Å². The van der Waals surface area contributed by atoms with Gasteiger partial charge >= 0.3 is 0 Å². The maximum Gasteiger partial charge on any atom is 0.243 e. The van der Waals surface area contributed by atoms with Crippen molar-refractivity contribution in [1.29, 1.82) is 0 Å². The van der Waals surface area contributed by atoms with E-state index >= 15 is 0 Å². The Balaban J connectivity index is 2.39. The van der Waals surface area contributed by atoms with Crippen LogP contribution in [0.1, 0.15) is 54.0 Å². The zero-order valence-corrected chi connectivity index (χ0v) is 20.5. The van der Waals surface area contributed by atoms with Crippen molar-refractivity contribution >= 4 is 21.8 Å². The van der Waals surface area contributed by atoms with E-state index in [1.807, 2.05) is 33.8 Å². The molecule has 1 aromatic heterocycles. The molecule has 2 aromatic rings. The van der Waals surface area contributed by atoms with Gasteiger partial charge in [0.2, 0.25) is 10.0 Å². The van der Waals surface area contributed by atoms with Gasteiger partial charge in [-0.3, -0.25) is 4.57 Å². The van der Waals surface area contributed by atoms with Gasteiger partial charge in [-0.2, -0.15) is 4.31 Å². The fourth-order valence-corrected chi connectivity index (χ4v) is 5.45. The first-order chi connectivity index (χ1) is 14.3. The maximum absolute atomic E-state index is 13.0. The first-order valence-electron chi connectivity index (χ1n) is 10.6. The fraction of sp³-hybridized carbons (Fsp3) is 0.619. The third-order valence-corrected chi connectivity index (χ3v) is 7.85. The lowest BCUT2D eigenvalue weighted by molar-refractivity contribution is 0.0920. The van der Waals surface area contributed by atoms with Crippen molar-refractivity contribution in [2.75, 3.05) is 25.4 Å². The Labute approximate surface area is 185 Å². The van der Waals surface area contributed by atoms with Gasteiger partial charge in [-0.1, -0.05) is 44.7 Å². The van der Waals surface area contributed by atoms with Crippen LogP contribution in [0.2, 0.25) is 0 Å². The predicted molar refractivity (Wildman–Crippen MR) is 122 cm³/mol. The SMILES string of the molecule is CCC(C)n1c(SCCOC(C)C)nnc1-c1cccc(S(=O)(=O)N(CC)CC)c1. The second-order valence-corrected chi connectivity index (χ2v) is 10.3. The van der Waals surface area contributed by atoms with Crippen molar-refractivity contribution in [3.05, 3.63) is 24.3 Å². The van der Waals surface area contributed by atoms with Crippen LogP contribution in [0.3, 0.4) is 0 Å². The van der Waals surface area contributed by atoms with E-state index in [4.69, 9.17) is 4.74 Å². The summed E-state index contributed by atoms with van der Waals surface area (Å²) in [5.41, 5.74) is 0.751. The van der Waals surface area contributed by atoms with Crippen LogP contribution >= 0.6 is 11.8 Å². The highest BCUT2D eigenvalue weighted by Crippen LogP contribution is 2.30. The molecule has 30 heavy (non-hydrogen) atoms. The molecule has 0 aliphatic carbocycles. The van der Waals surface area contributed by atoms with Crippen LogP contribution in [0.5, 0.6) is 0 Å². The van der Waals surface area contributed by atoms with Gasteiger partial charge in [-0.25, -0.2) is 8.42 Å². The number of sulfonamides is 1. The highest BCUT2D eigenvalue weighted by molar-refractivity contribution is 7.99. The van der Waals surface area contributed by atoms with Crippen LogP contribution in [-0.2, 0) is 14.8 Å². The lowest BCUT2D eigenvalue weighted by Gasteiger charge is -2.19. The summed E-state index contributed by atoms with van der Waals surface area (Å²) in [4.78, 5) is 0.280. The van der Waals surface area contributed by atoms with Gasteiger partial charge in [0.1, 0.15) is 0 Å². The Morgan fingerprint density at radius 1 is 1.13 bits per heavy atom. The van der Waals surface area contributed by atoms with Crippen LogP contribution in [0.4, 0.5) is 0 Å². The molecule has 7 nitrogen and oxygen atoms in total. The van der Waals surface area contributed by atoms with Gasteiger partial charge in [0.15, 0.2) is 11.0 Å². The summed E-state index contributed by atoms with van der Waals surface area (Å²) in [6.07, 6.45) is 1.11. The van der Waals surface area contributed by atoms with E-state index in [0.29, 0.717) is 25.5 Å². The second-order valence-electron chi connectivity index (χ2n) is 7.32. The van der Waals surface area contributed by atoms with E-state index in [2.05, 4.69) is 28.6 Å². The first-order valence-corrected chi connectivity index (χ1v) is 13.0. The molecular formula is C21H34N4O3S2. The lowest BCUT2D eigenvalue weighted by Crippen LogP contribution is -2.30. The van der Waals surface area contributed by atoms with Crippen LogP contribution in [0.25, 0.3) is 11.4 Å². The normalized spacial score (nSPS) is 13.3. The number of benzene rings is 1. The molecule has 0 spiro atoms. The highest BCUT2D eigenvalue weighted by Gasteiger charge is 2.24. The van der Waals surface area contributed by atoms with Gasteiger partial charge in [0, 0.05) is 30.4 Å². The van der Waals surface area contributed by atoms with Crippen LogP contribution in [-0.4, -0.2) is 59.0 Å². The smallest absolute Gasteiger partial charge is 0.243 e. The third-order valence-electron chi connectivity index (χ3n) is 4.90. The molecule has 1 atom stereocenters. The highest BCUT2D eigenvalue weighted by atomic mass is 32.2. The van der Waals surface area contributed by atoms with Gasteiger partial charge < -0.3 is 4.74 Å². The monoisotopic (exact) mass is 454 g/mol. The standard InChI is InChI=1S/C21H34N4O3S2/c1-7-17(6)25-20(22-23-21(25)29-14-13-28-16(4)5)18-11-10-12-19(15-18)30(26,27)24(8-2)9-3/h10-12,15-17H,7-9,13-14H2,1-6H3. The number of ether oxygens (including phenoxy) is 1. The minimum Gasteiger partial charge on any atom is -0.378 e. The van der Waals surface area contributed by atoms with E-state index in [-0.39, 0.29) is 17.0 Å². The summed E-state index contributed by atoms with van der Waals surface area (Å²) >= 11 is 1.61. The van der Waals surface area contributed by atoms with E-state index < -0.39 is 10.0 Å². The van der Waals surface area contributed by atoms with E-state index in [1.165, 1.54) is 4.31 Å².